The maximum atomic E-state index is 4.41. The SMILES string of the molecule is CNC1CCN(Cc2ccc(Br)cn2)CC1. The summed E-state index contributed by atoms with van der Waals surface area (Å²) in [6, 6.07) is 4.85. The number of pyridine rings is 1. The number of nitrogens with zero attached hydrogens (tertiary/aromatic N) is 2. The van der Waals surface area contributed by atoms with Crippen LogP contribution >= 0.6 is 15.9 Å². The molecule has 2 heterocycles. The highest BCUT2D eigenvalue weighted by Gasteiger charge is 2.17. The van der Waals surface area contributed by atoms with Gasteiger partial charge in [-0.1, -0.05) is 0 Å². The van der Waals surface area contributed by atoms with Crippen molar-refractivity contribution in [1.82, 2.24) is 15.2 Å². The van der Waals surface area contributed by atoms with Gasteiger partial charge in [-0.2, -0.15) is 0 Å². The Morgan fingerprint density at radius 2 is 2.19 bits per heavy atom. The van der Waals surface area contributed by atoms with Crippen molar-refractivity contribution in [3.63, 3.8) is 0 Å². The monoisotopic (exact) mass is 283 g/mol. The van der Waals surface area contributed by atoms with E-state index in [9.17, 15) is 0 Å². The maximum Gasteiger partial charge on any atom is 0.0544 e. The molecule has 16 heavy (non-hydrogen) atoms. The molecular weight excluding hydrogens is 266 g/mol. The van der Waals surface area contributed by atoms with E-state index in [2.05, 4.69) is 50.3 Å². The number of halogens is 1. The van der Waals surface area contributed by atoms with Crippen LogP contribution in [0.4, 0.5) is 0 Å². The Morgan fingerprint density at radius 3 is 2.75 bits per heavy atom. The van der Waals surface area contributed by atoms with E-state index in [4.69, 9.17) is 0 Å². The van der Waals surface area contributed by atoms with E-state index < -0.39 is 0 Å². The van der Waals surface area contributed by atoms with E-state index in [0.29, 0.717) is 6.04 Å². The van der Waals surface area contributed by atoms with Gasteiger partial charge in [-0.25, -0.2) is 0 Å². The summed E-state index contributed by atoms with van der Waals surface area (Å²) in [5.74, 6) is 0. The molecule has 3 nitrogen and oxygen atoms in total. The lowest BCUT2D eigenvalue weighted by Crippen LogP contribution is -2.40. The Bertz CT molecular complexity index is 318. The summed E-state index contributed by atoms with van der Waals surface area (Å²) in [6.07, 6.45) is 4.36. The zero-order valence-electron chi connectivity index (χ0n) is 9.62. The molecule has 0 unspecified atom stereocenters. The molecule has 1 aliphatic rings. The highest BCUT2D eigenvalue weighted by atomic mass is 79.9. The van der Waals surface area contributed by atoms with E-state index in [-0.39, 0.29) is 0 Å². The van der Waals surface area contributed by atoms with Crippen LogP contribution < -0.4 is 5.32 Å². The second-order valence-electron chi connectivity index (χ2n) is 4.31. The maximum absolute atomic E-state index is 4.41. The summed E-state index contributed by atoms with van der Waals surface area (Å²) in [6.45, 7) is 3.32. The van der Waals surface area contributed by atoms with Gasteiger partial charge in [-0.3, -0.25) is 9.88 Å². The van der Waals surface area contributed by atoms with Gasteiger partial charge in [0.05, 0.1) is 5.69 Å². The van der Waals surface area contributed by atoms with Gasteiger partial charge in [0.2, 0.25) is 0 Å². The quantitative estimate of drug-likeness (QED) is 0.920. The third-order valence-corrected chi connectivity index (χ3v) is 3.64. The molecule has 0 bridgehead atoms. The fraction of sp³-hybridized carbons (Fsp3) is 0.583. The van der Waals surface area contributed by atoms with Crippen LogP contribution in [0.2, 0.25) is 0 Å². The van der Waals surface area contributed by atoms with Crippen LogP contribution in [0.3, 0.4) is 0 Å². The highest BCUT2D eigenvalue weighted by Crippen LogP contribution is 2.14. The van der Waals surface area contributed by atoms with Crippen molar-refractivity contribution >= 4 is 15.9 Å². The van der Waals surface area contributed by atoms with Gasteiger partial charge >= 0.3 is 0 Å². The number of likely N-dealkylation sites (tertiary alicyclic amines) is 1. The number of piperidine rings is 1. The van der Waals surface area contributed by atoms with Gasteiger partial charge in [-0.05, 0) is 48.0 Å². The summed E-state index contributed by atoms with van der Waals surface area (Å²) in [5, 5.41) is 3.35. The van der Waals surface area contributed by atoms with Crippen LogP contribution in [0.1, 0.15) is 18.5 Å². The summed E-state index contributed by atoms with van der Waals surface area (Å²) in [7, 11) is 2.05. The standard InChI is InChI=1S/C12H18BrN3/c1-14-11-4-6-16(7-5-11)9-12-3-2-10(13)8-15-12/h2-3,8,11,14H,4-7,9H2,1H3. The number of rotatable bonds is 3. The molecule has 88 valence electrons. The first-order valence-corrected chi connectivity index (χ1v) is 6.57. The minimum Gasteiger partial charge on any atom is -0.317 e. The molecule has 1 saturated heterocycles. The molecule has 0 amide bonds. The van der Waals surface area contributed by atoms with E-state index >= 15 is 0 Å². The molecule has 1 aromatic heterocycles. The smallest absolute Gasteiger partial charge is 0.0544 e. The Labute approximate surface area is 105 Å². The van der Waals surface area contributed by atoms with Crippen LogP contribution in [0.15, 0.2) is 22.8 Å². The predicted octanol–water partition coefficient (Wildman–Crippen LogP) is 2.03. The zero-order chi connectivity index (χ0) is 11.4. The van der Waals surface area contributed by atoms with Crippen molar-refractivity contribution in [2.45, 2.75) is 25.4 Å². The average molecular weight is 284 g/mol. The Balaban J connectivity index is 1.84. The molecule has 0 radical (unpaired) electrons. The lowest BCUT2D eigenvalue weighted by Gasteiger charge is -2.31. The first kappa shape index (κ1) is 12.0. The molecule has 1 aromatic rings. The lowest BCUT2D eigenvalue weighted by atomic mass is 10.1. The molecule has 0 spiro atoms. The van der Waals surface area contributed by atoms with Crippen LogP contribution in [0.5, 0.6) is 0 Å². The third-order valence-electron chi connectivity index (χ3n) is 3.17. The molecule has 0 atom stereocenters. The van der Waals surface area contributed by atoms with Gasteiger partial charge in [0.1, 0.15) is 0 Å². The molecule has 0 aromatic carbocycles. The first-order chi connectivity index (χ1) is 7.78. The number of nitrogens with one attached hydrogen (secondary N) is 1. The van der Waals surface area contributed by atoms with Crippen LogP contribution in [0.25, 0.3) is 0 Å². The largest absolute Gasteiger partial charge is 0.317 e. The first-order valence-electron chi connectivity index (χ1n) is 5.78. The van der Waals surface area contributed by atoms with E-state index in [1.54, 1.807) is 0 Å². The number of hydrogen-bond donors (Lipinski definition) is 1. The van der Waals surface area contributed by atoms with Gasteiger partial charge < -0.3 is 5.32 Å². The lowest BCUT2D eigenvalue weighted by molar-refractivity contribution is 0.192. The highest BCUT2D eigenvalue weighted by molar-refractivity contribution is 9.10. The second-order valence-corrected chi connectivity index (χ2v) is 5.22. The van der Waals surface area contributed by atoms with Crippen molar-refractivity contribution in [2.24, 2.45) is 0 Å². The van der Waals surface area contributed by atoms with Gasteiger partial charge in [0.15, 0.2) is 0 Å². The molecule has 0 saturated carbocycles. The van der Waals surface area contributed by atoms with Crippen molar-refractivity contribution < 1.29 is 0 Å². The molecule has 1 N–H and O–H groups in total. The molecule has 2 rings (SSSR count). The van der Waals surface area contributed by atoms with Crippen molar-refractivity contribution in [3.8, 4) is 0 Å². The predicted molar refractivity (Wildman–Crippen MR) is 69.3 cm³/mol. The minimum atomic E-state index is 0.703. The van der Waals surface area contributed by atoms with E-state index in [1.807, 2.05) is 6.20 Å². The fourth-order valence-corrected chi connectivity index (χ4v) is 2.34. The van der Waals surface area contributed by atoms with Crippen LogP contribution in [-0.2, 0) is 6.54 Å². The number of hydrogen-bond acceptors (Lipinski definition) is 3. The molecule has 0 aliphatic carbocycles. The third kappa shape index (κ3) is 3.27. The second kappa shape index (κ2) is 5.75. The zero-order valence-corrected chi connectivity index (χ0v) is 11.2. The molecule has 1 aliphatic heterocycles. The van der Waals surface area contributed by atoms with E-state index in [1.165, 1.54) is 25.9 Å². The van der Waals surface area contributed by atoms with Crippen molar-refractivity contribution in [3.05, 3.63) is 28.5 Å². The minimum absolute atomic E-state index is 0.703. The molecule has 4 heteroatoms. The van der Waals surface area contributed by atoms with E-state index in [0.717, 1.165) is 16.7 Å². The molecular formula is C12H18BrN3. The Morgan fingerprint density at radius 1 is 1.44 bits per heavy atom. The van der Waals surface area contributed by atoms with Gasteiger partial charge in [-0.15, -0.1) is 0 Å². The van der Waals surface area contributed by atoms with Crippen LogP contribution in [0, 0.1) is 0 Å². The Hall–Kier alpha value is -0.450. The average Bonchev–Trinajstić information content (AvgIpc) is 2.33. The summed E-state index contributed by atoms with van der Waals surface area (Å²) >= 11 is 3.40. The Kier molecular flexibility index (Phi) is 4.32. The summed E-state index contributed by atoms with van der Waals surface area (Å²) in [5.41, 5.74) is 1.16. The topological polar surface area (TPSA) is 28.2 Å². The van der Waals surface area contributed by atoms with Gasteiger partial charge in [0.25, 0.3) is 0 Å². The number of aromatic nitrogens is 1. The van der Waals surface area contributed by atoms with Crippen LogP contribution in [-0.4, -0.2) is 36.1 Å². The fourth-order valence-electron chi connectivity index (χ4n) is 2.11. The normalized spacial score (nSPS) is 18.9. The van der Waals surface area contributed by atoms with Crippen molar-refractivity contribution in [2.75, 3.05) is 20.1 Å². The molecule has 1 fully saturated rings. The van der Waals surface area contributed by atoms with Crippen molar-refractivity contribution in [1.29, 1.82) is 0 Å². The summed E-state index contributed by atoms with van der Waals surface area (Å²) in [4.78, 5) is 6.88. The summed E-state index contributed by atoms with van der Waals surface area (Å²) < 4.78 is 1.05. The van der Waals surface area contributed by atoms with Gasteiger partial charge in [0, 0.05) is 36.3 Å².